The van der Waals surface area contributed by atoms with Crippen molar-refractivity contribution in [2.75, 3.05) is 23.3 Å². The number of hydrogen-bond acceptors (Lipinski definition) is 6. The van der Waals surface area contributed by atoms with Crippen molar-refractivity contribution in [1.29, 1.82) is 0 Å². The van der Waals surface area contributed by atoms with E-state index in [1.807, 2.05) is 4.90 Å². The van der Waals surface area contributed by atoms with Gasteiger partial charge in [-0.1, -0.05) is 0 Å². The molecule has 2 aliphatic rings. The molecule has 4 rings (SSSR count). The molecule has 1 unspecified atom stereocenters. The number of benzene rings is 1. The minimum absolute atomic E-state index is 0.0505. The topological polar surface area (TPSA) is 117 Å². The number of aryl methyl sites for hydroxylation is 1. The lowest BCUT2D eigenvalue weighted by Crippen LogP contribution is -2.35. The highest BCUT2D eigenvalue weighted by Crippen LogP contribution is 2.39. The first-order chi connectivity index (χ1) is 12.1. The van der Waals surface area contributed by atoms with Gasteiger partial charge in [0.2, 0.25) is 5.91 Å². The molecule has 9 nitrogen and oxygen atoms in total. The zero-order valence-corrected chi connectivity index (χ0v) is 13.6. The minimum Gasteiger partial charge on any atom is -0.365 e. The van der Waals surface area contributed by atoms with Crippen LogP contribution in [-0.2, 0) is 11.2 Å². The van der Waals surface area contributed by atoms with Gasteiger partial charge in [-0.05, 0) is 30.9 Å². The Labute approximate surface area is 143 Å². The SMILES string of the molecule is O=C1CCc2cc([N+](=O)[O-])c(N3CCCC(c4ncn[nH]4)C3)cc2N1. The average molecular weight is 342 g/mol. The van der Waals surface area contributed by atoms with Gasteiger partial charge in [0.1, 0.15) is 17.8 Å². The maximum Gasteiger partial charge on any atom is 0.292 e. The number of fused-ring (bicyclic) bond motifs is 1. The Morgan fingerprint density at radius 1 is 1.32 bits per heavy atom. The second kappa shape index (κ2) is 6.15. The number of hydrogen-bond donors (Lipinski definition) is 2. The van der Waals surface area contributed by atoms with E-state index >= 15 is 0 Å². The highest BCUT2D eigenvalue weighted by Gasteiger charge is 2.30. The molecule has 3 heterocycles. The fourth-order valence-electron chi connectivity index (χ4n) is 3.63. The van der Waals surface area contributed by atoms with Gasteiger partial charge in [0.25, 0.3) is 5.69 Å². The molecule has 25 heavy (non-hydrogen) atoms. The van der Waals surface area contributed by atoms with Crippen LogP contribution in [0.4, 0.5) is 17.1 Å². The standard InChI is InChI=1S/C16H18N6O3/c23-15-4-3-10-6-14(22(24)25)13(7-12(10)19-15)21-5-1-2-11(8-21)16-17-9-18-20-16/h6-7,9,11H,1-5,8H2,(H,19,23)(H,17,18,20). The van der Waals surface area contributed by atoms with Crippen LogP contribution in [0.15, 0.2) is 18.5 Å². The maximum absolute atomic E-state index is 11.7. The van der Waals surface area contributed by atoms with E-state index in [0.717, 1.165) is 30.8 Å². The van der Waals surface area contributed by atoms with Crippen molar-refractivity contribution in [2.45, 2.75) is 31.6 Å². The number of nitrogens with one attached hydrogen (secondary N) is 2. The first-order valence-corrected chi connectivity index (χ1v) is 8.33. The Hall–Kier alpha value is -2.97. The summed E-state index contributed by atoms with van der Waals surface area (Å²) in [6.45, 7) is 1.36. The van der Waals surface area contributed by atoms with Crippen molar-refractivity contribution in [3.8, 4) is 0 Å². The molecule has 0 aliphatic carbocycles. The number of carbonyl (C=O) groups is 1. The highest BCUT2D eigenvalue weighted by atomic mass is 16.6. The lowest BCUT2D eigenvalue weighted by molar-refractivity contribution is -0.384. The van der Waals surface area contributed by atoms with Crippen LogP contribution in [0.2, 0.25) is 0 Å². The molecular formula is C16H18N6O3. The number of aromatic nitrogens is 3. The summed E-state index contributed by atoms with van der Waals surface area (Å²) in [4.78, 5) is 29.1. The number of rotatable bonds is 3. The fraction of sp³-hybridized carbons (Fsp3) is 0.438. The highest BCUT2D eigenvalue weighted by molar-refractivity contribution is 5.95. The first kappa shape index (κ1) is 15.6. The number of piperidine rings is 1. The van der Waals surface area contributed by atoms with Crippen LogP contribution < -0.4 is 10.2 Å². The predicted octanol–water partition coefficient (Wildman–Crippen LogP) is 1.98. The molecule has 1 aromatic heterocycles. The molecule has 130 valence electrons. The lowest BCUT2D eigenvalue weighted by Gasteiger charge is -2.33. The van der Waals surface area contributed by atoms with E-state index in [9.17, 15) is 14.9 Å². The molecule has 0 spiro atoms. The Kier molecular flexibility index (Phi) is 3.83. The summed E-state index contributed by atoms with van der Waals surface area (Å²) in [6.07, 6.45) is 4.24. The van der Waals surface area contributed by atoms with E-state index in [0.29, 0.717) is 30.8 Å². The van der Waals surface area contributed by atoms with Crippen LogP contribution in [0.1, 0.15) is 36.6 Å². The average Bonchev–Trinajstić information content (AvgIpc) is 3.15. The summed E-state index contributed by atoms with van der Waals surface area (Å²) in [5, 5.41) is 21.2. The van der Waals surface area contributed by atoms with Gasteiger partial charge in [0.05, 0.1) is 4.92 Å². The van der Waals surface area contributed by atoms with Crippen molar-refractivity contribution in [2.24, 2.45) is 0 Å². The maximum atomic E-state index is 11.7. The van der Waals surface area contributed by atoms with Gasteiger partial charge in [0, 0.05) is 37.2 Å². The van der Waals surface area contributed by atoms with Gasteiger partial charge in [-0.3, -0.25) is 20.0 Å². The number of nitro groups is 1. The van der Waals surface area contributed by atoms with Crippen molar-refractivity contribution in [1.82, 2.24) is 15.2 Å². The van der Waals surface area contributed by atoms with E-state index in [1.165, 1.54) is 6.33 Å². The Morgan fingerprint density at radius 3 is 2.96 bits per heavy atom. The molecule has 0 bridgehead atoms. The largest absolute Gasteiger partial charge is 0.365 e. The molecule has 2 aromatic rings. The first-order valence-electron chi connectivity index (χ1n) is 8.33. The van der Waals surface area contributed by atoms with Crippen LogP contribution >= 0.6 is 0 Å². The van der Waals surface area contributed by atoms with E-state index in [2.05, 4.69) is 20.5 Å². The van der Waals surface area contributed by atoms with Crippen LogP contribution in [0, 0.1) is 10.1 Å². The number of H-pyrrole nitrogens is 1. The molecule has 1 fully saturated rings. The Morgan fingerprint density at radius 2 is 2.20 bits per heavy atom. The van der Waals surface area contributed by atoms with Gasteiger partial charge < -0.3 is 10.2 Å². The number of nitro benzene ring substituents is 1. The molecule has 2 aliphatic heterocycles. The second-order valence-corrected chi connectivity index (χ2v) is 6.46. The van der Waals surface area contributed by atoms with Gasteiger partial charge >= 0.3 is 0 Å². The van der Waals surface area contributed by atoms with Crippen molar-refractivity contribution in [3.05, 3.63) is 40.0 Å². The van der Waals surface area contributed by atoms with Crippen molar-refractivity contribution >= 4 is 23.0 Å². The molecule has 1 saturated heterocycles. The Bertz CT molecular complexity index is 820. The summed E-state index contributed by atoms with van der Waals surface area (Å²) < 4.78 is 0. The van der Waals surface area contributed by atoms with Gasteiger partial charge in [0.15, 0.2) is 0 Å². The second-order valence-electron chi connectivity index (χ2n) is 6.46. The third kappa shape index (κ3) is 2.92. The van der Waals surface area contributed by atoms with E-state index in [4.69, 9.17) is 0 Å². The summed E-state index contributed by atoms with van der Waals surface area (Å²) in [5.41, 5.74) is 2.14. The van der Waals surface area contributed by atoms with E-state index in [-0.39, 0.29) is 22.4 Å². The number of aromatic amines is 1. The molecule has 1 atom stereocenters. The number of carbonyl (C=O) groups excluding carboxylic acids is 1. The van der Waals surface area contributed by atoms with Crippen LogP contribution in [0.5, 0.6) is 0 Å². The zero-order valence-electron chi connectivity index (χ0n) is 13.6. The third-order valence-corrected chi connectivity index (χ3v) is 4.88. The Balaban J connectivity index is 1.69. The van der Waals surface area contributed by atoms with Crippen LogP contribution in [-0.4, -0.2) is 39.1 Å². The minimum atomic E-state index is -0.343. The van der Waals surface area contributed by atoms with Crippen LogP contribution in [0.25, 0.3) is 0 Å². The quantitative estimate of drug-likeness (QED) is 0.650. The molecule has 2 N–H and O–H groups in total. The number of amides is 1. The van der Waals surface area contributed by atoms with E-state index in [1.54, 1.807) is 12.1 Å². The molecule has 9 heteroatoms. The molecular weight excluding hydrogens is 324 g/mol. The van der Waals surface area contributed by atoms with Gasteiger partial charge in [-0.2, -0.15) is 5.10 Å². The molecule has 1 amide bonds. The van der Waals surface area contributed by atoms with Crippen LogP contribution in [0.3, 0.4) is 0 Å². The van der Waals surface area contributed by atoms with Gasteiger partial charge in [-0.25, -0.2) is 4.98 Å². The number of nitrogens with zero attached hydrogens (tertiary/aromatic N) is 4. The monoisotopic (exact) mass is 342 g/mol. The lowest BCUT2D eigenvalue weighted by atomic mass is 9.95. The molecule has 1 aromatic carbocycles. The number of anilines is 2. The summed E-state index contributed by atoms with van der Waals surface area (Å²) in [5.74, 6) is 0.908. The summed E-state index contributed by atoms with van der Waals surface area (Å²) >= 11 is 0. The fourth-order valence-corrected chi connectivity index (χ4v) is 3.63. The van der Waals surface area contributed by atoms with Gasteiger partial charge in [-0.15, -0.1) is 0 Å². The van der Waals surface area contributed by atoms with E-state index < -0.39 is 0 Å². The van der Waals surface area contributed by atoms with Crippen molar-refractivity contribution < 1.29 is 9.72 Å². The third-order valence-electron chi connectivity index (χ3n) is 4.88. The molecule has 0 saturated carbocycles. The summed E-state index contributed by atoms with van der Waals surface area (Å²) in [6, 6.07) is 3.34. The summed E-state index contributed by atoms with van der Waals surface area (Å²) in [7, 11) is 0. The zero-order chi connectivity index (χ0) is 17.4. The smallest absolute Gasteiger partial charge is 0.292 e. The normalized spacial score (nSPS) is 20.1. The van der Waals surface area contributed by atoms with Crippen molar-refractivity contribution in [3.63, 3.8) is 0 Å². The predicted molar refractivity (Wildman–Crippen MR) is 90.6 cm³/mol. The molecule has 0 radical (unpaired) electrons.